The van der Waals surface area contributed by atoms with E-state index in [9.17, 15) is 9.46 Å². The zero-order chi connectivity index (χ0) is 12.7. The van der Waals surface area contributed by atoms with Crippen LogP contribution in [0.25, 0.3) is 0 Å². The molecular formula is C12H17O4P. The van der Waals surface area contributed by atoms with Crippen molar-refractivity contribution in [2.45, 2.75) is 26.9 Å². The zero-order valence-electron chi connectivity index (χ0n) is 10.2. The maximum atomic E-state index is 11.5. The highest BCUT2D eigenvalue weighted by Gasteiger charge is 2.44. The van der Waals surface area contributed by atoms with Gasteiger partial charge >= 0.3 is 7.82 Å². The number of hydrogen-bond donors (Lipinski definition) is 1. The Morgan fingerprint density at radius 2 is 1.94 bits per heavy atom. The highest BCUT2D eigenvalue weighted by atomic mass is 31.2. The van der Waals surface area contributed by atoms with E-state index in [1.807, 2.05) is 45.0 Å². The summed E-state index contributed by atoms with van der Waals surface area (Å²) >= 11 is 0. The number of hydrogen-bond acceptors (Lipinski definition) is 3. The van der Waals surface area contributed by atoms with E-state index >= 15 is 0 Å². The molecule has 1 aromatic rings. The standard InChI is InChI=1S/C12H17O4P/c1-9-4-6-10(7-5-9)11-12(2,3)8-15-17(13,14)16-11/h4-7,11H,8H2,1-3H3,(H,13,14)/t11-/m1/s1. The third-order valence-electron chi connectivity index (χ3n) is 2.93. The fourth-order valence-corrected chi connectivity index (χ4v) is 3.11. The van der Waals surface area contributed by atoms with Crippen LogP contribution in [0, 0.1) is 12.3 Å². The number of rotatable bonds is 1. The van der Waals surface area contributed by atoms with Gasteiger partial charge in [-0.05, 0) is 12.5 Å². The molecule has 0 saturated carbocycles. The third-order valence-corrected chi connectivity index (χ3v) is 3.86. The Morgan fingerprint density at radius 1 is 1.35 bits per heavy atom. The predicted octanol–water partition coefficient (Wildman–Crippen LogP) is 3.21. The first-order chi connectivity index (χ1) is 7.80. The summed E-state index contributed by atoms with van der Waals surface area (Å²) in [6, 6.07) is 7.78. The molecule has 17 heavy (non-hydrogen) atoms. The summed E-state index contributed by atoms with van der Waals surface area (Å²) in [5.41, 5.74) is 1.72. The zero-order valence-corrected chi connectivity index (χ0v) is 11.1. The molecule has 2 atom stereocenters. The van der Waals surface area contributed by atoms with Crippen molar-refractivity contribution in [2.75, 3.05) is 6.61 Å². The van der Waals surface area contributed by atoms with E-state index in [0.717, 1.165) is 11.1 Å². The molecule has 1 saturated heterocycles. The van der Waals surface area contributed by atoms with Gasteiger partial charge in [0.25, 0.3) is 0 Å². The SMILES string of the molecule is Cc1ccc([C@H]2OP(=O)(O)OCC2(C)C)cc1. The summed E-state index contributed by atoms with van der Waals surface area (Å²) in [6.07, 6.45) is -0.423. The molecule has 0 radical (unpaired) electrons. The summed E-state index contributed by atoms with van der Waals surface area (Å²) < 4.78 is 21.5. The molecule has 1 unspecified atom stereocenters. The van der Waals surface area contributed by atoms with Gasteiger partial charge in [0, 0.05) is 5.41 Å². The van der Waals surface area contributed by atoms with Crippen molar-refractivity contribution in [3.05, 3.63) is 35.4 Å². The maximum Gasteiger partial charge on any atom is 0.472 e. The van der Waals surface area contributed by atoms with E-state index in [4.69, 9.17) is 9.05 Å². The van der Waals surface area contributed by atoms with E-state index in [-0.39, 0.29) is 12.0 Å². The summed E-state index contributed by atoms with van der Waals surface area (Å²) in [6.45, 7) is 6.11. The van der Waals surface area contributed by atoms with Gasteiger partial charge in [-0.3, -0.25) is 9.05 Å². The third kappa shape index (κ3) is 2.78. The molecule has 1 aliphatic rings. The van der Waals surface area contributed by atoms with Crippen LogP contribution in [0.5, 0.6) is 0 Å². The molecule has 0 bridgehead atoms. The van der Waals surface area contributed by atoms with Crippen LogP contribution in [0.3, 0.4) is 0 Å². The van der Waals surface area contributed by atoms with Crippen molar-refractivity contribution in [1.82, 2.24) is 0 Å². The Bertz CT molecular complexity index is 452. The van der Waals surface area contributed by atoms with Crippen LogP contribution >= 0.6 is 7.82 Å². The monoisotopic (exact) mass is 256 g/mol. The lowest BCUT2D eigenvalue weighted by atomic mass is 9.83. The van der Waals surface area contributed by atoms with E-state index in [1.54, 1.807) is 0 Å². The maximum absolute atomic E-state index is 11.5. The van der Waals surface area contributed by atoms with Crippen LogP contribution < -0.4 is 0 Å². The van der Waals surface area contributed by atoms with Gasteiger partial charge in [-0.1, -0.05) is 43.7 Å². The molecule has 0 spiro atoms. The van der Waals surface area contributed by atoms with E-state index in [0.29, 0.717) is 0 Å². The minimum absolute atomic E-state index is 0.208. The van der Waals surface area contributed by atoms with Gasteiger partial charge < -0.3 is 4.89 Å². The highest BCUT2D eigenvalue weighted by molar-refractivity contribution is 7.47. The first-order valence-electron chi connectivity index (χ1n) is 5.52. The number of benzene rings is 1. The lowest BCUT2D eigenvalue weighted by Gasteiger charge is -2.39. The van der Waals surface area contributed by atoms with Crippen LogP contribution in [0.15, 0.2) is 24.3 Å². The molecule has 0 aromatic heterocycles. The second-order valence-electron chi connectivity index (χ2n) is 5.13. The average molecular weight is 256 g/mol. The lowest BCUT2D eigenvalue weighted by Crippen LogP contribution is -2.33. The molecule has 2 rings (SSSR count). The van der Waals surface area contributed by atoms with Crippen molar-refractivity contribution < 1.29 is 18.5 Å². The van der Waals surface area contributed by atoms with Crippen LogP contribution in [-0.2, 0) is 13.6 Å². The Labute approximate surface area is 101 Å². The number of aryl methyl sites for hydroxylation is 1. The molecule has 0 aliphatic carbocycles. The summed E-state index contributed by atoms with van der Waals surface area (Å²) in [5, 5.41) is 0. The topological polar surface area (TPSA) is 55.8 Å². The second-order valence-corrected chi connectivity index (χ2v) is 6.53. The van der Waals surface area contributed by atoms with Crippen LogP contribution in [0.4, 0.5) is 0 Å². The first kappa shape index (κ1) is 12.8. The van der Waals surface area contributed by atoms with Crippen molar-refractivity contribution in [1.29, 1.82) is 0 Å². The van der Waals surface area contributed by atoms with Crippen molar-refractivity contribution in [3.8, 4) is 0 Å². The van der Waals surface area contributed by atoms with Crippen molar-refractivity contribution >= 4 is 7.82 Å². The predicted molar refractivity (Wildman–Crippen MR) is 64.6 cm³/mol. The summed E-state index contributed by atoms with van der Waals surface area (Å²) in [7, 11) is -3.90. The Balaban J connectivity index is 2.33. The first-order valence-corrected chi connectivity index (χ1v) is 7.02. The van der Waals surface area contributed by atoms with E-state index in [2.05, 4.69) is 0 Å². The Morgan fingerprint density at radius 3 is 2.53 bits per heavy atom. The van der Waals surface area contributed by atoms with Gasteiger partial charge in [-0.15, -0.1) is 0 Å². The minimum Gasteiger partial charge on any atom is -0.302 e. The van der Waals surface area contributed by atoms with Gasteiger partial charge in [0.05, 0.1) is 6.61 Å². The molecular weight excluding hydrogens is 239 g/mol. The van der Waals surface area contributed by atoms with Crippen molar-refractivity contribution in [3.63, 3.8) is 0 Å². The average Bonchev–Trinajstić information content (AvgIpc) is 2.24. The van der Waals surface area contributed by atoms with Crippen LogP contribution in [-0.4, -0.2) is 11.5 Å². The molecule has 94 valence electrons. The normalized spacial score (nSPS) is 32.4. The number of phosphoric ester groups is 1. The molecule has 1 aromatic carbocycles. The van der Waals surface area contributed by atoms with Gasteiger partial charge in [0.15, 0.2) is 0 Å². The Kier molecular flexibility index (Phi) is 3.17. The molecule has 1 aliphatic heterocycles. The fourth-order valence-electron chi connectivity index (χ4n) is 1.88. The molecule has 1 N–H and O–H groups in total. The fraction of sp³-hybridized carbons (Fsp3) is 0.500. The molecule has 4 nitrogen and oxygen atoms in total. The molecule has 1 fully saturated rings. The highest BCUT2D eigenvalue weighted by Crippen LogP contribution is 2.58. The summed E-state index contributed by atoms with van der Waals surface area (Å²) in [4.78, 5) is 9.40. The van der Waals surface area contributed by atoms with E-state index < -0.39 is 13.9 Å². The molecule has 1 heterocycles. The Hall–Kier alpha value is -0.670. The van der Waals surface area contributed by atoms with Gasteiger partial charge in [0.2, 0.25) is 0 Å². The molecule has 0 amide bonds. The lowest BCUT2D eigenvalue weighted by molar-refractivity contribution is -0.0472. The van der Waals surface area contributed by atoms with Crippen LogP contribution in [0.2, 0.25) is 0 Å². The molecule has 5 heteroatoms. The second kappa shape index (κ2) is 4.21. The van der Waals surface area contributed by atoms with Gasteiger partial charge in [0.1, 0.15) is 6.10 Å². The smallest absolute Gasteiger partial charge is 0.302 e. The van der Waals surface area contributed by atoms with Gasteiger partial charge in [-0.25, -0.2) is 4.57 Å². The van der Waals surface area contributed by atoms with Crippen LogP contribution in [0.1, 0.15) is 31.1 Å². The van der Waals surface area contributed by atoms with E-state index in [1.165, 1.54) is 0 Å². The largest absolute Gasteiger partial charge is 0.472 e. The number of phosphoric acid groups is 1. The summed E-state index contributed by atoms with van der Waals surface area (Å²) in [5.74, 6) is 0. The quantitative estimate of drug-likeness (QED) is 0.784. The van der Waals surface area contributed by atoms with Gasteiger partial charge in [-0.2, -0.15) is 0 Å². The van der Waals surface area contributed by atoms with Crippen molar-refractivity contribution in [2.24, 2.45) is 5.41 Å². The minimum atomic E-state index is -3.90.